The van der Waals surface area contributed by atoms with Gasteiger partial charge in [0.15, 0.2) is 0 Å². The lowest BCUT2D eigenvalue weighted by molar-refractivity contribution is -0.870. The molecule has 0 aromatic carbocycles. The molecule has 404 valence electrons. The number of rotatable bonds is 50. The molecule has 0 aliphatic carbocycles. The van der Waals surface area contributed by atoms with E-state index in [-0.39, 0.29) is 31.3 Å². The highest BCUT2D eigenvalue weighted by Gasteiger charge is 2.27. The largest absolute Gasteiger partial charge is 0.756 e. The van der Waals surface area contributed by atoms with Crippen molar-refractivity contribution in [1.82, 2.24) is 5.32 Å². The maximum absolute atomic E-state index is 13.4. The smallest absolute Gasteiger partial charge is 0.306 e. The number of ether oxygens (including phenoxy) is 1. The van der Waals surface area contributed by atoms with Crippen molar-refractivity contribution in [2.45, 2.75) is 245 Å². The van der Waals surface area contributed by atoms with Crippen LogP contribution in [-0.4, -0.2) is 69.4 Å². The van der Waals surface area contributed by atoms with E-state index in [1.807, 2.05) is 33.3 Å². The van der Waals surface area contributed by atoms with E-state index in [0.29, 0.717) is 23.9 Å². The molecule has 0 aliphatic rings. The molecule has 0 saturated heterocycles. The molecule has 0 spiro atoms. The zero-order valence-corrected chi connectivity index (χ0v) is 46.8. The first-order valence-electron chi connectivity index (χ1n) is 28.4. The minimum Gasteiger partial charge on any atom is -0.756 e. The van der Waals surface area contributed by atoms with Crippen LogP contribution in [0.25, 0.3) is 0 Å². The van der Waals surface area contributed by atoms with Gasteiger partial charge in [-0.2, -0.15) is 0 Å². The predicted octanol–water partition coefficient (Wildman–Crippen LogP) is 16.4. The lowest BCUT2D eigenvalue weighted by atomic mass is 10.1. The highest BCUT2D eigenvalue weighted by Crippen LogP contribution is 2.38. The van der Waals surface area contributed by atoms with Gasteiger partial charge in [0, 0.05) is 12.8 Å². The fraction of sp³-hybridized carbons (Fsp3) is 0.733. The van der Waals surface area contributed by atoms with Gasteiger partial charge in [-0.1, -0.05) is 202 Å². The molecule has 0 rings (SSSR count). The summed E-state index contributed by atoms with van der Waals surface area (Å²) in [6.45, 7) is 6.65. The molecule has 0 aromatic heterocycles. The Balaban J connectivity index is 5.36. The van der Waals surface area contributed by atoms with Crippen LogP contribution in [-0.2, 0) is 27.9 Å². The van der Waals surface area contributed by atoms with Crippen LogP contribution in [0.2, 0.25) is 0 Å². The number of unbranched alkanes of at least 4 members (excludes halogenated alkanes) is 22. The molecule has 0 fully saturated rings. The number of phosphoric acid groups is 1. The number of amides is 1. The third-order valence-corrected chi connectivity index (χ3v) is 13.0. The molecule has 0 heterocycles. The van der Waals surface area contributed by atoms with Crippen LogP contribution in [0, 0.1) is 0 Å². The third kappa shape index (κ3) is 50.1. The van der Waals surface area contributed by atoms with Gasteiger partial charge in [-0.05, 0) is 102 Å². The number of phosphoric ester groups is 1. The van der Waals surface area contributed by atoms with Crippen LogP contribution in [0.4, 0.5) is 0 Å². The van der Waals surface area contributed by atoms with Crippen LogP contribution < -0.4 is 10.2 Å². The summed E-state index contributed by atoms with van der Waals surface area (Å²) in [6.07, 6.45) is 64.0. The summed E-state index contributed by atoms with van der Waals surface area (Å²) in [5.74, 6) is -0.587. The van der Waals surface area contributed by atoms with Gasteiger partial charge in [0.05, 0.1) is 33.8 Å². The maximum Gasteiger partial charge on any atom is 0.306 e. The molecule has 0 saturated carbocycles. The number of likely N-dealkylation sites (N-methyl/N-ethyl adjacent to an activating group) is 1. The van der Waals surface area contributed by atoms with Gasteiger partial charge in [0.2, 0.25) is 5.91 Å². The van der Waals surface area contributed by atoms with E-state index in [1.54, 1.807) is 0 Å². The average Bonchev–Trinajstić information content (AvgIpc) is 3.32. The Bertz CT molecular complexity index is 1480. The van der Waals surface area contributed by atoms with Crippen LogP contribution >= 0.6 is 7.82 Å². The molecule has 1 N–H and O–H groups in total. The fourth-order valence-electron chi connectivity index (χ4n) is 7.66. The highest BCUT2D eigenvalue weighted by atomic mass is 31.2. The summed E-state index contributed by atoms with van der Waals surface area (Å²) < 4.78 is 30.2. The van der Waals surface area contributed by atoms with Crippen molar-refractivity contribution in [2.75, 3.05) is 40.9 Å². The van der Waals surface area contributed by atoms with Crippen molar-refractivity contribution < 1.29 is 37.3 Å². The van der Waals surface area contributed by atoms with Gasteiger partial charge in [-0.3, -0.25) is 14.2 Å². The first-order valence-corrected chi connectivity index (χ1v) is 29.9. The van der Waals surface area contributed by atoms with Crippen molar-refractivity contribution >= 4 is 19.7 Å². The van der Waals surface area contributed by atoms with Crippen molar-refractivity contribution in [3.8, 4) is 0 Å². The number of nitrogens with one attached hydrogen (secondary N) is 1. The molecule has 3 unspecified atom stereocenters. The monoisotopic (exact) mass is 999 g/mol. The van der Waals surface area contributed by atoms with Gasteiger partial charge in [-0.15, -0.1) is 0 Å². The van der Waals surface area contributed by atoms with Crippen molar-refractivity contribution in [2.24, 2.45) is 0 Å². The number of nitrogens with zero attached hydrogens (tertiary/aromatic N) is 1. The average molecular weight is 999 g/mol. The SMILES string of the molecule is CC/C=C/C/C=C/C/C=C/CCCCCCC(=O)NC(COP(=O)([O-])OCC[N+](C)(C)C)C(/C=C/CCCCCCCCCCC)OC(=O)CCCCCCCC/C=C\C/C=C\C/C=C\CCCCC. The van der Waals surface area contributed by atoms with Crippen molar-refractivity contribution in [3.05, 3.63) is 85.1 Å². The van der Waals surface area contributed by atoms with Crippen LogP contribution in [0.1, 0.15) is 233 Å². The van der Waals surface area contributed by atoms with Crippen LogP contribution in [0.5, 0.6) is 0 Å². The van der Waals surface area contributed by atoms with E-state index in [0.717, 1.165) is 116 Å². The van der Waals surface area contributed by atoms with E-state index in [1.165, 1.54) is 70.6 Å². The summed E-state index contributed by atoms with van der Waals surface area (Å²) in [5.41, 5.74) is 0. The second kappa shape index (κ2) is 49.8. The first kappa shape index (κ1) is 67.2. The van der Waals surface area contributed by atoms with Gasteiger partial charge < -0.3 is 28.5 Å². The Morgan fingerprint density at radius 3 is 1.40 bits per heavy atom. The number of hydrogen-bond donors (Lipinski definition) is 1. The fourth-order valence-corrected chi connectivity index (χ4v) is 8.38. The lowest BCUT2D eigenvalue weighted by Gasteiger charge is -2.30. The predicted molar refractivity (Wildman–Crippen MR) is 298 cm³/mol. The molecular formula is C60H107N2O7P. The van der Waals surface area contributed by atoms with Gasteiger partial charge in [0.1, 0.15) is 19.3 Å². The quantitative estimate of drug-likeness (QED) is 0.0212. The van der Waals surface area contributed by atoms with E-state index in [4.69, 9.17) is 13.8 Å². The minimum absolute atomic E-state index is 0.0330. The molecule has 0 aliphatic heterocycles. The van der Waals surface area contributed by atoms with E-state index in [9.17, 15) is 19.0 Å². The summed E-state index contributed by atoms with van der Waals surface area (Å²) in [5, 5.41) is 3.00. The molecule has 9 nitrogen and oxygen atoms in total. The zero-order chi connectivity index (χ0) is 51.5. The van der Waals surface area contributed by atoms with Gasteiger partial charge >= 0.3 is 5.97 Å². The summed E-state index contributed by atoms with van der Waals surface area (Å²) in [7, 11) is 1.15. The molecule has 0 radical (unpaired) electrons. The first-order chi connectivity index (χ1) is 33.9. The Morgan fingerprint density at radius 1 is 0.514 bits per heavy atom. The molecule has 3 atom stereocenters. The minimum atomic E-state index is -4.71. The highest BCUT2D eigenvalue weighted by molar-refractivity contribution is 7.45. The normalized spacial score (nSPS) is 14.4. The standard InChI is InChI=1S/C60H107N2O7P/c1-7-10-13-16-19-22-25-27-29-30-31-32-33-35-38-41-44-47-50-53-60(64)69-58(51-48-45-42-39-36-24-21-18-15-12-9-3)57(56-68-70(65,66)67-55-54-62(4,5)6)61-59(63)52-49-46-43-40-37-34-28-26-23-20-17-14-11-8-2/h11,14,19-20,22-23,27-29,31-32,34,48,51,57-58H,7-10,12-13,15-18,21,24-26,30,33,35-47,49-50,52-56H2,1-6H3,(H-,61,63,65,66)/b14-11+,22-19-,23-20+,29-27-,32-31-,34-28+,51-48+. The van der Waals surface area contributed by atoms with Crippen molar-refractivity contribution in [1.29, 1.82) is 0 Å². The van der Waals surface area contributed by atoms with E-state index < -0.39 is 26.6 Å². The van der Waals surface area contributed by atoms with Crippen molar-refractivity contribution in [3.63, 3.8) is 0 Å². The number of esters is 1. The van der Waals surface area contributed by atoms with E-state index in [2.05, 4.69) is 99.0 Å². The number of carbonyl (C=O) groups is 2. The Morgan fingerprint density at radius 2 is 0.914 bits per heavy atom. The Kier molecular flexibility index (Phi) is 47.8. The molecule has 70 heavy (non-hydrogen) atoms. The Hall–Kier alpha value is -2.81. The topological polar surface area (TPSA) is 114 Å². The molecule has 10 heteroatoms. The lowest BCUT2D eigenvalue weighted by Crippen LogP contribution is -2.47. The molecule has 1 amide bonds. The molecular weight excluding hydrogens is 892 g/mol. The van der Waals surface area contributed by atoms with Crippen LogP contribution in [0.3, 0.4) is 0 Å². The molecule has 0 aromatic rings. The Labute approximate surface area is 431 Å². The number of hydrogen-bond acceptors (Lipinski definition) is 7. The summed E-state index contributed by atoms with van der Waals surface area (Å²) >= 11 is 0. The number of carbonyl (C=O) groups excluding carboxylic acids is 2. The molecule has 0 bridgehead atoms. The number of allylic oxidation sites excluding steroid dienone is 13. The maximum atomic E-state index is 13.4. The summed E-state index contributed by atoms with van der Waals surface area (Å²) in [4.78, 5) is 39.8. The van der Waals surface area contributed by atoms with Crippen LogP contribution in [0.15, 0.2) is 85.1 Å². The summed E-state index contributed by atoms with van der Waals surface area (Å²) in [6, 6.07) is -0.908. The van der Waals surface area contributed by atoms with E-state index >= 15 is 0 Å². The van der Waals surface area contributed by atoms with Gasteiger partial charge in [-0.25, -0.2) is 0 Å². The van der Waals surface area contributed by atoms with Gasteiger partial charge in [0.25, 0.3) is 7.82 Å². The number of quaternary nitrogens is 1. The zero-order valence-electron chi connectivity index (χ0n) is 45.9. The second-order valence-corrected chi connectivity index (χ2v) is 21.5. The second-order valence-electron chi connectivity index (χ2n) is 20.1. The third-order valence-electron chi connectivity index (χ3n) is 12.1.